The van der Waals surface area contributed by atoms with Crippen molar-refractivity contribution in [3.05, 3.63) is 0 Å². The van der Waals surface area contributed by atoms with Gasteiger partial charge < -0.3 is 9.31 Å². The van der Waals surface area contributed by atoms with Gasteiger partial charge in [0.25, 0.3) is 0 Å². The van der Waals surface area contributed by atoms with Crippen molar-refractivity contribution in [1.29, 1.82) is 0 Å². The SMILES string of the molecule is CCCC#CO[B]OC#CCCC. The molecular formula is C10H14BO2. The summed E-state index contributed by atoms with van der Waals surface area (Å²) in [6.45, 7) is 4.12. The van der Waals surface area contributed by atoms with Crippen molar-refractivity contribution in [2.24, 2.45) is 0 Å². The summed E-state index contributed by atoms with van der Waals surface area (Å²) in [7, 11) is 1.14. The molecule has 2 nitrogen and oxygen atoms in total. The maximum Gasteiger partial charge on any atom is 0.676 e. The summed E-state index contributed by atoms with van der Waals surface area (Å²) >= 11 is 0. The molecule has 0 rings (SSSR count). The second-order valence-electron chi connectivity index (χ2n) is 2.39. The fourth-order valence-corrected chi connectivity index (χ4v) is 0.508. The van der Waals surface area contributed by atoms with E-state index in [1.807, 2.05) is 0 Å². The third-order valence-electron chi connectivity index (χ3n) is 1.11. The Labute approximate surface area is 81.3 Å². The highest BCUT2D eigenvalue weighted by molar-refractivity contribution is 6.19. The minimum absolute atomic E-state index is 0.843. The minimum atomic E-state index is 0.843. The largest absolute Gasteiger partial charge is 0.676 e. The van der Waals surface area contributed by atoms with Crippen LogP contribution in [0.3, 0.4) is 0 Å². The molecular weight excluding hydrogens is 163 g/mol. The molecule has 0 unspecified atom stereocenters. The van der Waals surface area contributed by atoms with Crippen LogP contribution in [0, 0.1) is 24.1 Å². The van der Waals surface area contributed by atoms with E-state index in [1.54, 1.807) is 0 Å². The quantitative estimate of drug-likeness (QED) is 0.371. The molecule has 0 bridgehead atoms. The third-order valence-corrected chi connectivity index (χ3v) is 1.11. The summed E-state index contributed by atoms with van der Waals surface area (Å²) < 4.78 is 9.41. The van der Waals surface area contributed by atoms with Crippen molar-refractivity contribution < 1.29 is 9.31 Å². The first-order valence-electron chi connectivity index (χ1n) is 4.50. The van der Waals surface area contributed by atoms with Gasteiger partial charge in [0.05, 0.1) is 12.2 Å². The van der Waals surface area contributed by atoms with Gasteiger partial charge in [0, 0.05) is 12.8 Å². The van der Waals surface area contributed by atoms with Gasteiger partial charge in [-0.15, -0.1) is 0 Å². The van der Waals surface area contributed by atoms with Gasteiger partial charge in [0.1, 0.15) is 0 Å². The molecule has 0 saturated heterocycles. The molecule has 1 radical (unpaired) electrons. The molecule has 0 aromatic rings. The van der Waals surface area contributed by atoms with Gasteiger partial charge in [-0.3, -0.25) is 0 Å². The molecule has 0 fully saturated rings. The zero-order valence-corrected chi connectivity index (χ0v) is 8.22. The van der Waals surface area contributed by atoms with E-state index in [-0.39, 0.29) is 0 Å². The Balaban J connectivity index is 3.19. The Morgan fingerprint density at radius 3 is 1.77 bits per heavy atom. The van der Waals surface area contributed by atoms with Crippen LogP contribution in [0.25, 0.3) is 0 Å². The standard InChI is InChI=1S/C10H14BO2/c1-3-5-7-9-12-11-13-10-8-6-4-2/h3-6H2,1-2H3. The van der Waals surface area contributed by atoms with Crippen LogP contribution in [0.1, 0.15) is 39.5 Å². The molecule has 0 heterocycles. The van der Waals surface area contributed by atoms with E-state index in [4.69, 9.17) is 9.31 Å². The molecule has 0 aliphatic heterocycles. The van der Waals surface area contributed by atoms with Crippen LogP contribution in [0.2, 0.25) is 0 Å². The molecule has 0 aromatic carbocycles. The number of rotatable bonds is 4. The lowest BCUT2D eigenvalue weighted by molar-refractivity contribution is 0.413. The summed E-state index contributed by atoms with van der Waals surface area (Å²) in [4.78, 5) is 0. The average molecular weight is 177 g/mol. The molecule has 0 spiro atoms. The van der Waals surface area contributed by atoms with Crippen LogP contribution in [0.4, 0.5) is 0 Å². The maximum absolute atomic E-state index is 4.71. The Morgan fingerprint density at radius 1 is 0.923 bits per heavy atom. The molecule has 0 N–H and O–H groups in total. The molecule has 0 aliphatic carbocycles. The molecule has 0 aliphatic rings. The highest BCUT2D eigenvalue weighted by Gasteiger charge is 1.88. The summed E-state index contributed by atoms with van der Waals surface area (Å²) in [5.41, 5.74) is 0. The molecule has 13 heavy (non-hydrogen) atoms. The lowest BCUT2D eigenvalue weighted by atomic mass is 10.3. The van der Waals surface area contributed by atoms with Crippen LogP contribution in [-0.2, 0) is 9.31 Å². The van der Waals surface area contributed by atoms with Crippen LogP contribution in [-0.4, -0.2) is 7.69 Å². The lowest BCUT2D eigenvalue weighted by Crippen LogP contribution is -1.94. The summed E-state index contributed by atoms with van der Waals surface area (Å²) in [5.74, 6) is 5.61. The van der Waals surface area contributed by atoms with Gasteiger partial charge in [-0.25, -0.2) is 0 Å². The first kappa shape index (κ1) is 11.8. The highest BCUT2D eigenvalue weighted by atomic mass is 16.6. The van der Waals surface area contributed by atoms with Gasteiger partial charge in [0.15, 0.2) is 0 Å². The normalized spacial score (nSPS) is 7.23. The second kappa shape index (κ2) is 10.8. The van der Waals surface area contributed by atoms with Crippen LogP contribution in [0.5, 0.6) is 0 Å². The van der Waals surface area contributed by atoms with Crippen LogP contribution < -0.4 is 0 Å². The topological polar surface area (TPSA) is 18.5 Å². The molecule has 0 saturated carbocycles. The first-order valence-corrected chi connectivity index (χ1v) is 4.50. The highest BCUT2D eigenvalue weighted by Crippen LogP contribution is 1.82. The third kappa shape index (κ3) is 10.8. The molecule has 0 amide bonds. The van der Waals surface area contributed by atoms with E-state index < -0.39 is 0 Å². The predicted octanol–water partition coefficient (Wildman–Crippen LogP) is 2.08. The predicted molar refractivity (Wildman–Crippen MR) is 53.3 cm³/mol. The van der Waals surface area contributed by atoms with Crippen molar-refractivity contribution in [1.82, 2.24) is 0 Å². The second-order valence-corrected chi connectivity index (χ2v) is 2.39. The van der Waals surface area contributed by atoms with Crippen molar-refractivity contribution in [3.63, 3.8) is 0 Å². The van der Waals surface area contributed by atoms with E-state index in [0.29, 0.717) is 0 Å². The molecule has 0 atom stereocenters. The Kier molecular flexibility index (Phi) is 9.78. The Hall–Kier alpha value is -1.22. The zero-order chi connectivity index (χ0) is 9.78. The average Bonchev–Trinajstić information content (AvgIpc) is 2.16. The fourth-order valence-electron chi connectivity index (χ4n) is 0.508. The smallest absolute Gasteiger partial charge is 0.476 e. The van der Waals surface area contributed by atoms with Gasteiger partial charge in [-0.05, 0) is 12.8 Å². The van der Waals surface area contributed by atoms with Crippen molar-refractivity contribution in [2.45, 2.75) is 39.5 Å². The van der Waals surface area contributed by atoms with Gasteiger partial charge in [-0.2, -0.15) is 0 Å². The van der Waals surface area contributed by atoms with Gasteiger partial charge in [0.2, 0.25) is 0 Å². The molecule has 69 valence electrons. The van der Waals surface area contributed by atoms with Crippen molar-refractivity contribution in [2.75, 3.05) is 0 Å². The van der Waals surface area contributed by atoms with E-state index in [0.717, 1.165) is 33.4 Å². The summed E-state index contributed by atoms with van der Waals surface area (Å²) in [6, 6.07) is 0. The van der Waals surface area contributed by atoms with Gasteiger partial charge in [-0.1, -0.05) is 25.7 Å². The molecule has 3 heteroatoms. The Morgan fingerprint density at radius 2 is 1.38 bits per heavy atom. The van der Waals surface area contributed by atoms with E-state index in [2.05, 4.69) is 37.9 Å². The lowest BCUT2D eigenvalue weighted by Gasteiger charge is -1.88. The maximum atomic E-state index is 4.71. The van der Waals surface area contributed by atoms with E-state index >= 15 is 0 Å². The summed E-state index contributed by atoms with van der Waals surface area (Å²) in [6.07, 6.45) is 8.71. The molecule has 0 aromatic heterocycles. The van der Waals surface area contributed by atoms with E-state index in [1.165, 1.54) is 0 Å². The van der Waals surface area contributed by atoms with Crippen molar-refractivity contribution in [3.8, 4) is 24.1 Å². The number of hydrogen-bond acceptors (Lipinski definition) is 2. The van der Waals surface area contributed by atoms with E-state index in [9.17, 15) is 0 Å². The first-order chi connectivity index (χ1) is 6.41. The number of unbranched alkanes of at least 4 members (excludes halogenated alkanes) is 2. The minimum Gasteiger partial charge on any atom is -0.476 e. The summed E-state index contributed by atoms with van der Waals surface area (Å²) in [5, 5.41) is 0. The fraction of sp³-hybridized carbons (Fsp3) is 0.600. The van der Waals surface area contributed by atoms with Crippen LogP contribution in [0.15, 0.2) is 0 Å². The monoisotopic (exact) mass is 177 g/mol. The number of hydrogen-bond donors (Lipinski definition) is 0. The Bertz CT molecular complexity index is 193. The van der Waals surface area contributed by atoms with Crippen LogP contribution >= 0.6 is 0 Å². The van der Waals surface area contributed by atoms with Gasteiger partial charge >= 0.3 is 7.69 Å². The van der Waals surface area contributed by atoms with Crippen molar-refractivity contribution >= 4 is 7.69 Å². The zero-order valence-electron chi connectivity index (χ0n) is 8.22.